The molecule has 0 aromatic heterocycles. The molecule has 0 fully saturated rings. The molecule has 5 heavy (non-hydrogen) atoms. The first kappa shape index (κ1) is 34.3. The molecule has 0 unspecified atom stereocenters. The van der Waals surface area contributed by atoms with Gasteiger partial charge in [-0.3, -0.25) is 10.5 Å². The second-order valence-electron chi connectivity index (χ2n) is 0. The Morgan fingerprint density at radius 2 is 1.00 bits per heavy atom. The minimum absolute atomic E-state index is 0. The zero-order valence-corrected chi connectivity index (χ0v) is 5.84. The number of hydrogen-bond donors (Lipinski definition) is 2. The molecule has 0 aliphatic carbocycles. The Kier molecular flexibility index (Phi) is 424. The Morgan fingerprint density at radius 1 is 1.00 bits per heavy atom. The van der Waals surface area contributed by atoms with E-state index in [9.17, 15) is 0 Å². The van der Waals surface area contributed by atoms with Gasteiger partial charge in [-0.05, 0) is 0 Å². The van der Waals surface area contributed by atoms with E-state index in [0.29, 0.717) is 0 Å². The Bertz CT molecular complexity index is 6.85. The molecule has 0 saturated carbocycles. The van der Waals surface area contributed by atoms with Gasteiger partial charge in [0.1, 0.15) is 0 Å². The molecule has 3 N–H and O–H groups in total. The van der Waals surface area contributed by atoms with Crippen LogP contribution in [-0.4, -0.2) is 16.0 Å². The summed E-state index contributed by atoms with van der Waals surface area (Å²) in [7, 11) is 0. The summed E-state index contributed by atoms with van der Waals surface area (Å²) in [5.74, 6) is 0. The maximum atomic E-state index is 6.00. The largest absolute Gasteiger partial charge is 1.00 e. The average molecular weight is 108 g/mol. The van der Waals surface area contributed by atoms with E-state index in [4.69, 9.17) is 10.5 Å². The van der Waals surface area contributed by atoms with Gasteiger partial charge in [-0.1, -0.05) is 0 Å². The second-order valence-corrected chi connectivity index (χ2v) is 0. The number of rotatable bonds is 0. The van der Waals surface area contributed by atoms with E-state index >= 15 is 0 Å². The summed E-state index contributed by atoms with van der Waals surface area (Å²) in [6.45, 7) is 0. The van der Waals surface area contributed by atoms with Gasteiger partial charge >= 0.3 is 29.6 Å². The third-order valence-corrected chi connectivity index (χ3v) is 0. The maximum absolute atomic E-state index is 6.00. The molecule has 0 aliphatic rings. The molecule has 0 aromatic carbocycles. The van der Waals surface area contributed by atoms with Crippen molar-refractivity contribution >= 4 is 13.5 Å². The molecule has 0 heterocycles. The van der Waals surface area contributed by atoms with Gasteiger partial charge in [-0.2, -0.15) is 13.5 Å². The van der Waals surface area contributed by atoms with Gasteiger partial charge in [0.25, 0.3) is 0 Å². The first-order chi connectivity index (χ1) is 1.00. The van der Waals surface area contributed by atoms with E-state index in [1.54, 1.807) is 0 Å². The minimum atomic E-state index is 0. The Morgan fingerprint density at radius 3 is 1.00 bits per heavy atom. The summed E-state index contributed by atoms with van der Waals surface area (Å²) in [6.07, 6.45) is 0. The predicted molar refractivity (Wildman–Crippen MR) is 17.6 cm³/mol. The van der Waals surface area contributed by atoms with Gasteiger partial charge in [-0.15, -0.1) is 0 Å². The van der Waals surface area contributed by atoms with Crippen LogP contribution in [0.5, 0.6) is 0 Å². The topological polar surface area (TPSA) is 70.5 Å². The van der Waals surface area contributed by atoms with Crippen LogP contribution in [0.25, 0.3) is 0 Å². The molecule has 0 rings (SSSR count). The van der Waals surface area contributed by atoms with Crippen LogP contribution in [0.1, 0.15) is 0 Å². The van der Waals surface area contributed by atoms with Gasteiger partial charge in [0.15, 0.2) is 0 Å². The molecule has 5 heteroatoms. The van der Waals surface area contributed by atoms with E-state index in [2.05, 4.69) is 0 Å². The van der Waals surface area contributed by atoms with E-state index in [0.717, 1.165) is 0 Å². The smallest absolute Gasteiger partial charge is 0.870 e. The molecule has 0 aliphatic heterocycles. The maximum Gasteiger partial charge on any atom is 1.00 e. The van der Waals surface area contributed by atoms with Gasteiger partial charge < -0.3 is 5.48 Å². The summed E-state index contributed by atoms with van der Waals surface area (Å²) in [6, 6.07) is 0. The van der Waals surface area contributed by atoms with Crippen LogP contribution in [0, 0.1) is 0 Å². The fourth-order valence-electron chi connectivity index (χ4n) is 0. The summed E-state index contributed by atoms with van der Waals surface area (Å²) >= 11 is 0. The normalized spacial score (nSPS) is 1.20. The standard InChI is InChI=1S/Na.H2O2.H2O.H2S/c;1-2;;/h;1-2H;2*1H2/q+1;;;/p-1. The molecule has 30 valence electrons. The molecule has 0 bridgehead atoms. The van der Waals surface area contributed by atoms with Crippen molar-refractivity contribution in [3.8, 4) is 0 Å². The fourth-order valence-corrected chi connectivity index (χ4v) is 0. The Balaban J connectivity index is -0.00000000167. The van der Waals surface area contributed by atoms with Crippen LogP contribution in [0.3, 0.4) is 0 Å². The van der Waals surface area contributed by atoms with Crippen LogP contribution < -0.4 is 29.6 Å². The van der Waals surface area contributed by atoms with E-state index in [1.807, 2.05) is 0 Å². The first-order valence-electron chi connectivity index (χ1n) is 0.200. The minimum Gasteiger partial charge on any atom is -0.870 e. The van der Waals surface area contributed by atoms with Crippen LogP contribution in [0.15, 0.2) is 0 Å². The zero-order chi connectivity index (χ0) is 2.00. The van der Waals surface area contributed by atoms with Crippen molar-refractivity contribution in [1.82, 2.24) is 0 Å². The Labute approximate surface area is 59.0 Å². The van der Waals surface area contributed by atoms with Crippen LogP contribution >= 0.6 is 13.5 Å². The van der Waals surface area contributed by atoms with E-state index in [1.165, 1.54) is 0 Å². The molecule has 3 nitrogen and oxygen atoms in total. The second kappa shape index (κ2) is 61.9. The molecule has 0 saturated heterocycles. The quantitative estimate of drug-likeness (QED) is 0.197. The van der Waals surface area contributed by atoms with Crippen molar-refractivity contribution in [2.24, 2.45) is 0 Å². The van der Waals surface area contributed by atoms with Gasteiger partial charge in [0.05, 0.1) is 0 Å². The molecular formula is H5NaO3S. The fraction of sp³-hybridized carbons (Fsp3) is 0. The summed E-state index contributed by atoms with van der Waals surface area (Å²) < 4.78 is 0. The van der Waals surface area contributed by atoms with E-state index in [-0.39, 0.29) is 48.5 Å². The van der Waals surface area contributed by atoms with Crippen molar-refractivity contribution in [2.45, 2.75) is 0 Å². The first-order valence-corrected chi connectivity index (χ1v) is 0.200. The molecule has 0 spiro atoms. The Hall–Kier alpha value is 1.23. The van der Waals surface area contributed by atoms with Gasteiger partial charge in [-0.25, -0.2) is 0 Å². The van der Waals surface area contributed by atoms with Crippen molar-refractivity contribution < 1.29 is 45.5 Å². The monoisotopic (exact) mass is 108 g/mol. The average Bonchev–Trinajstić information content (AvgIpc) is 1.00. The van der Waals surface area contributed by atoms with Crippen LogP contribution in [-0.2, 0) is 0 Å². The molecule has 0 atom stereocenters. The van der Waals surface area contributed by atoms with Crippen molar-refractivity contribution in [1.29, 1.82) is 0 Å². The summed E-state index contributed by atoms with van der Waals surface area (Å²) in [5, 5.41) is 12.0. The SMILES string of the molecule is OO.S.[Na+].[OH-]. The summed E-state index contributed by atoms with van der Waals surface area (Å²) in [4.78, 5) is 0. The van der Waals surface area contributed by atoms with Gasteiger partial charge in [0.2, 0.25) is 0 Å². The van der Waals surface area contributed by atoms with Crippen LogP contribution in [0.4, 0.5) is 0 Å². The molecular weight excluding hydrogens is 103 g/mol. The third-order valence-electron chi connectivity index (χ3n) is 0. The number of hydrogen-bond acceptors (Lipinski definition) is 3. The van der Waals surface area contributed by atoms with Crippen molar-refractivity contribution in [2.75, 3.05) is 0 Å². The zero-order valence-electron chi connectivity index (χ0n) is 2.84. The third kappa shape index (κ3) is 36.1. The molecule has 0 amide bonds. The van der Waals surface area contributed by atoms with Crippen molar-refractivity contribution in [3.05, 3.63) is 0 Å². The molecule has 0 radical (unpaired) electrons. The van der Waals surface area contributed by atoms with Crippen molar-refractivity contribution in [3.63, 3.8) is 0 Å². The van der Waals surface area contributed by atoms with Crippen LogP contribution in [0.2, 0.25) is 0 Å². The molecule has 0 aromatic rings. The predicted octanol–water partition coefficient (Wildman–Crippen LogP) is -3.04. The van der Waals surface area contributed by atoms with Gasteiger partial charge in [0, 0.05) is 0 Å². The summed E-state index contributed by atoms with van der Waals surface area (Å²) in [5.41, 5.74) is 0. The van der Waals surface area contributed by atoms with E-state index < -0.39 is 0 Å².